The molecule has 0 bridgehead atoms. The third-order valence-corrected chi connectivity index (χ3v) is 3.46. The van der Waals surface area contributed by atoms with Gasteiger partial charge in [-0.2, -0.15) is 0 Å². The summed E-state index contributed by atoms with van der Waals surface area (Å²) in [6.45, 7) is 3.87. The molecule has 0 spiro atoms. The molecule has 0 aliphatic rings. The van der Waals surface area contributed by atoms with Crippen molar-refractivity contribution < 1.29 is 9.53 Å². The zero-order chi connectivity index (χ0) is 14.7. The van der Waals surface area contributed by atoms with Gasteiger partial charge in [0.1, 0.15) is 5.75 Å². The van der Waals surface area contributed by atoms with Gasteiger partial charge in [0, 0.05) is 23.2 Å². The average Bonchev–Trinajstić information content (AvgIpc) is 2.42. The molecule has 0 amide bonds. The van der Waals surface area contributed by atoms with Crippen LogP contribution in [0.25, 0.3) is 0 Å². The molecule has 0 aliphatic heterocycles. The second-order valence-electron chi connectivity index (χ2n) is 4.94. The summed E-state index contributed by atoms with van der Waals surface area (Å²) in [4.78, 5) is 12.5. The first-order valence-electron chi connectivity index (χ1n) is 6.54. The Morgan fingerprint density at radius 2 is 1.95 bits per heavy atom. The van der Waals surface area contributed by atoms with Gasteiger partial charge in [-0.3, -0.25) is 4.79 Å². The summed E-state index contributed by atoms with van der Waals surface area (Å²) in [5, 5.41) is 0. The normalized spacial score (nSPS) is 10.3. The summed E-state index contributed by atoms with van der Waals surface area (Å²) >= 11 is 0. The van der Waals surface area contributed by atoms with E-state index in [9.17, 15) is 4.79 Å². The predicted molar refractivity (Wildman–Crippen MR) is 81.4 cm³/mol. The van der Waals surface area contributed by atoms with Crippen LogP contribution in [0.15, 0.2) is 36.4 Å². The quantitative estimate of drug-likeness (QED) is 0.684. The standard InChI is InChI=1S/C17H19NO2/c1-11-7-8-17(20-3)13(9-11)10-16(19)14-5-4-6-15(18)12(14)2/h4-9H,10,18H2,1-3H3. The van der Waals surface area contributed by atoms with E-state index in [0.29, 0.717) is 17.7 Å². The summed E-state index contributed by atoms with van der Waals surface area (Å²) in [6, 6.07) is 11.3. The van der Waals surface area contributed by atoms with Crippen molar-refractivity contribution in [1.82, 2.24) is 0 Å². The first kappa shape index (κ1) is 14.1. The predicted octanol–water partition coefficient (Wildman–Crippen LogP) is 3.32. The number of ketones is 1. The number of Topliss-reactive ketones (excluding diaryl/α,β-unsaturated/α-hetero) is 1. The van der Waals surface area contributed by atoms with E-state index < -0.39 is 0 Å². The third-order valence-electron chi connectivity index (χ3n) is 3.46. The number of nitrogens with two attached hydrogens (primary N) is 1. The summed E-state index contributed by atoms with van der Waals surface area (Å²) in [6.07, 6.45) is 0.315. The molecule has 3 nitrogen and oxygen atoms in total. The summed E-state index contributed by atoms with van der Waals surface area (Å²) in [5.41, 5.74) is 10.0. The molecule has 0 atom stereocenters. The first-order valence-corrected chi connectivity index (χ1v) is 6.54. The maximum atomic E-state index is 12.5. The van der Waals surface area contributed by atoms with Gasteiger partial charge in [-0.1, -0.05) is 29.8 Å². The van der Waals surface area contributed by atoms with Gasteiger partial charge < -0.3 is 10.5 Å². The van der Waals surface area contributed by atoms with Crippen molar-refractivity contribution >= 4 is 11.5 Å². The molecule has 2 N–H and O–H groups in total. The van der Waals surface area contributed by atoms with Crippen molar-refractivity contribution in [2.75, 3.05) is 12.8 Å². The number of benzene rings is 2. The molecule has 0 heterocycles. The molecule has 0 fully saturated rings. The van der Waals surface area contributed by atoms with Gasteiger partial charge in [-0.05, 0) is 31.5 Å². The lowest BCUT2D eigenvalue weighted by atomic mass is 9.97. The van der Waals surface area contributed by atoms with Crippen molar-refractivity contribution in [3.8, 4) is 5.75 Å². The molecular weight excluding hydrogens is 250 g/mol. The fraction of sp³-hybridized carbons (Fsp3) is 0.235. The highest BCUT2D eigenvalue weighted by Crippen LogP contribution is 2.23. The Balaban J connectivity index is 2.32. The van der Waals surface area contributed by atoms with Gasteiger partial charge in [0.15, 0.2) is 5.78 Å². The maximum Gasteiger partial charge on any atom is 0.167 e. The number of hydrogen-bond donors (Lipinski definition) is 1. The van der Waals surface area contributed by atoms with Crippen LogP contribution in [0.1, 0.15) is 27.0 Å². The summed E-state index contributed by atoms with van der Waals surface area (Å²) < 4.78 is 5.31. The van der Waals surface area contributed by atoms with Crippen LogP contribution in [0.4, 0.5) is 5.69 Å². The minimum Gasteiger partial charge on any atom is -0.496 e. The van der Waals surface area contributed by atoms with Gasteiger partial charge in [0.05, 0.1) is 7.11 Å². The molecular formula is C17H19NO2. The van der Waals surface area contributed by atoms with Gasteiger partial charge in [-0.25, -0.2) is 0 Å². The average molecular weight is 269 g/mol. The lowest BCUT2D eigenvalue weighted by molar-refractivity contribution is 0.0991. The van der Waals surface area contributed by atoms with E-state index in [2.05, 4.69) is 0 Å². The number of rotatable bonds is 4. The van der Waals surface area contributed by atoms with Crippen LogP contribution < -0.4 is 10.5 Å². The number of aryl methyl sites for hydroxylation is 1. The fourth-order valence-corrected chi connectivity index (χ4v) is 2.27. The van der Waals surface area contributed by atoms with Gasteiger partial charge >= 0.3 is 0 Å². The zero-order valence-corrected chi connectivity index (χ0v) is 12.1. The number of carbonyl (C=O) groups excluding carboxylic acids is 1. The highest BCUT2D eigenvalue weighted by Gasteiger charge is 2.14. The Labute approximate surface area is 119 Å². The minimum atomic E-state index is 0.0544. The molecule has 3 heteroatoms. The number of carbonyl (C=O) groups is 1. The molecule has 2 rings (SSSR count). The van der Waals surface area contributed by atoms with E-state index in [1.165, 1.54) is 0 Å². The fourth-order valence-electron chi connectivity index (χ4n) is 2.27. The SMILES string of the molecule is COc1ccc(C)cc1CC(=O)c1cccc(N)c1C. The molecule has 20 heavy (non-hydrogen) atoms. The topological polar surface area (TPSA) is 52.3 Å². The first-order chi connectivity index (χ1) is 9.52. The molecule has 2 aromatic rings. The Morgan fingerprint density at radius 3 is 2.65 bits per heavy atom. The Hall–Kier alpha value is -2.29. The maximum absolute atomic E-state index is 12.5. The summed E-state index contributed by atoms with van der Waals surface area (Å²) in [5.74, 6) is 0.796. The van der Waals surface area contributed by atoms with E-state index in [0.717, 1.165) is 22.4 Å². The van der Waals surface area contributed by atoms with Crippen molar-refractivity contribution in [3.05, 3.63) is 58.7 Å². The third kappa shape index (κ3) is 2.82. The van der Waals surface area contributed by atoms with Crippen LogP contribution in [0.2, 0.25) is 0 Å². The van der Waals surface area contributed by atoms with E-state index in [4.69, 9.17) is 10.5 Å². The Kier molecular flexibility index (Phi) is 4.08. The highest BCUT2D eigenvalue weighted by atomic mass is 16.5. The smallest absolute Gasteiger partial charge is 0.167 e. The van der Waals surface area contributed by atoms with Crippen LogP contribution in [0, 0.1) is 13.8 Å². The Morgan fingerprint density at radius 1 is 1.20 bits per heavy atom. The molecule has 0 aromatic heterocycles. The van der Waals surface area contributed by atoms with Gasteiger partial charge in [-0.15, -0.1) is 0 Å². The number of anilines is 1. The van der Waals surface area contributed by atoms with E-state index in [1.807, 2.05) is 44.2 Å². The molecule has 0 radical (unpaired) electrons. The number of hydrogen-bond acceptors (Lipinski definition) is 3. The molecule has 2 aromatic carbocycles. The summed E-state index contributed by atoms with van der Waals surface area (Å²) in [7, 11) is 1.62. The van der Waals surface area contributed by atoms with Crippen LogP contribution in [0.3, 0.4) is 0 Å². The molecule has 104 valence electrons. The molecule has 0 aliphatic carbocycles. The van der Waals surface area contributed by atoms with Crippen LogP contribution in [-0.2, 0) is 6.42 Å². The van der Waals surface area contributed by atoms with E-state index >= 15 is 0 Å². The van der Waals surface area contributed by atoms with Crippen molar-refractivity contribution in [3.63, 3.8) is 0 Å². The molecule has 0 saturated heterocycles. The molecule has 0 unspecified atom stereocenters. The van der Waals surface area contributed by atoms with Crippen molar-refractivity contribution in [2.45, 2.75) is 20.3 Å². The monoisotopic (exact) mass is 269 g/mol. The lowest BCUT2D eigenvalue weighted by Gasteiger charge is -2.11. The Bertz CT molecular complexity index is 647. The molecule has 0 saturated carbocycles. The van der Waals surface area contributed by atoms with E-state index in [-0.39, 0.29) is 5.78 Å². The van der Waals surface area contributed by atoms with Crippen molar-refractivity contribution in [2.24, 2.45) is 0 Å². The van der Waals surface area contributed by atoms with E-state index in [1.54, 1.807) is 13.2 Å². The van der Waals surface area contributed by atoms with Crippen LogP contribution in [-0.4, -0.2) is 12.9 Å². The highest BCUT2D eigenvalue weighted by molar-refractivity contribution is 6.00. The second kappa shape index (κ2) is 5.78. The number of nitrogen functional groups attached to an aromatic ring is 1. The largest absolute Gasteiger partial charge is 0.496 e. The van der Waals surface area contributed by atoms with Crippen LogP contribution in [0.5, 0.6) is 5.75 Å². The number of methoxy groups -OCH3 is 1. The second-order valence-corrected chi connectivity index (χ2v) is 4.94. The van der Waals surface area contributed by atoms with Crippen LogP contribution >= 0.6 is 0 Å². The van der Waals surface area contributed by atoms with Gasteiger partial charge in [0.2, 0.25) is 0 Å². The van der Waals surface area contributed by atoms with Gasteiger partial charge in [0.25, 0.3) is 0 Å². The number of ether oxygens (including phenoxy) is 1. The zero-order valence-electron chi connectivity index (χ0n) is 12.1. The minimum absolute atomic E-state index is 0.0544. The lowest BCUT2D eigenvalue weighted by Crippen LogP contribution is -2.08. The van der Waals surface area contributed by atoms with Crippen molar-refractivity contribution in [1.29, 1.82) is 0 Å².